The van der Waals surface area contributed by atoms with Gasteiger partial charge in [-0.05, 0) is 12.8 Å². The highest BCUT2D eigenvalue weighted by molar-refractivity contribution is 5.75. The van der Waals surface area contributed by atoms with E-state index >= 15 is 0 Å². The van der Waals surface area contributed by atoms with E-state index in [0.29, 0.717) is 0 Å². The second-order valence-corrected chi connectivity index (χ2v) is 2.16. The molecule has 0 N–H and O–H groups in total. The molecule has 70 valence electrons. The molecule has 0 heterocycles. The van der Waals surface area contributed by atoms with Gasteiger partial charge in [-0.2, -0.15) is 0 Å². The summed E-state index contributed by atoms with van der Waals surface area (Å²) in [6.45, 7) is 0. The second-order valence-electron chi connectivity index (χ2n) is 2.16. The van der Waals surface area contributed by atoms with Gasteiger partial charge in [0.1, 0.15) is 0 Å². The van der Waals surface area contributed by atoms with Crippen LogP contribution in [-0.2, 0) is 19.1 Å². The summed E-state index contributed by atoms with van der Waals surface area (Å²) >= 11 is 0. The molecular formula is C7H11O5-. The minimum Gasteiger partial charge on any atom is -0.550 e. The molecule has 1 unspecified atom stereocenters. The van der Waals surface area contributed by atoms with Crippen molar-refractivity contribution in [3.8, 4) is 0 Å². The molecule has 0 aliphatic rings. The Morgan fingerprint density at radius 1 is 1.42 bits per heavy atom. The SMILES string of the molecule is COC(=O)C(CCC(=O)[O-])OC. The zero-order valence-electron chi connectivity index (χ0n) is 7.03. The Hall–Kier alpha value is -1.10. The van der Waals surface area contributed by atoms with E-state index in [1.807, 2.05) is 0 Å². The third-order valence-electron chi connectivity index (χ3n) is 1.36. The summed E-state index contributed by atoms with van der Waals surface area (Å²) in [7, 11) is 2.53. The second kappa shape index (κ2) is 5.54. The number of carbonyl (C=O) groups excluding carboxylic acids is 2. The summed E-state index contributed by atoms with van der Waals surface area (Å²) in [6, 6.07) is 0. The Morgan fingerprint density at radius 2 is 2.00 bits per heavy atom. The molecule has 0 aliphatic heterocycles. The number of methoxy groups -OCH3 is 2. The molecule has 5 nitrogen and oxygen atoms in total. The van der Waals surface area contributed by atoms with Crippen molar-refractivity contribution in [3.05, 3.63) is 0 Å². The van der Waals surface area contributed by atoms with Crippen molar-refractivity contribution in [2.75, 3.05) is 14.2 Å². The highest BCUT2D eigenvalue weighted by atomic mass is 16.6. The van der Waals surface area contributed by atoms with Gasteiger partial charge in [0.2, 0.25) is 0 Å². The van der Waals surface area contributed by atoms with Gasteiger partial charge in [-0.15, -0.1) is 0 Å². The molecule has 0 aromatic rings. The third-order valence-corrected chi connectivity index (χ3v) is 1.36. The van der Waals surface area contributed by atoms with Crippen LogP contribution < -0.4 is 5.11 Å². The largest absolute Gasteiger partial charge is 0.550 e. The van der Waals surface area contributed by atoms with Crippen molar-refractivity contribution in [1.82, 2.24) is 0 Å². The third kappa shape index (κ3) is 3.92. The minimum absolute atomic E-state index is 0.0749. The van der Waals surface area contributed by atoms with E-state index in [0.717, 1.165) is 0 Å². The van der Waals surface area contributed by atoms with Gasteiger partial charge in [-0.25, -0.2) is 4.79 Å². The monoisotopic (exact) mass is 175 g/mol. The van der Waals surface area contributed by atoms with Crippen LogP contribution in [0, 0.1) is 0 Å². The number of rotatable bonds is 5. The lowest BCUT2D eigenvalue weighted by Gasteiger charge is -2.12. The Balaban J connectivity index is 3.83. The molecule has 0 bridgehead atoms. The average molecular weight is 175 g/mol. The van der Waals surface area contributed by atoms with E-state index in [1.54, 1.807) is 0 Å². The molecule has 0 aliphatic carbocycles. The van der Waals surface area contributed by atoms with E-state index in [4.69, 9.17) is 0 Å². The molecule has 0 aromatic carbocycles. The normalized spacial score (nSPS) is 12.2. The standard InChI is InChI=1S/C7H12O5/c1-11-5(7(10)12-2)3-4-6(8)9/h5H,3-4H2,1-2H3,(H,8,9)/p-1. The molecule has 0 rings (SSSR count). The first-order valence-electron chi connectivity index (χ1n) is 3.42. The summed E-state index contributed by atoms with van der Waals surface area (Å²) in [5.41, 5.74) is 0. The maximum Gasteiger partial charge on any atom is 0.334 e. The van der Waals surface area contributed by atoms with Crippen molar-refractivity contribution < 1.29 is 24.2 Å². The molecule has 12 heavy (non-hydrogen) atoms. The zero-order valence-corrected chi connectivity index (χ0v) is 7.03. The van der Waals surface area contributed by atoms with Crippen LogP contribution in [0.25, 0.3) is 0 Å². The van der Waals surface area contributed by atoms with Crippen molar-refractivity contribution in [3.63, 3.8) is 0 Å². The smallest absolute Gasteiger partial charge is 0.334 e. The van der Waals surface area contributed by atoms with Gasteiger partial charge < -0.3 is 19.4 Å². The Kier molecular flexibility index (Phi) is 5.03. The molecule has 5 heteroatoms. The molecule has 0 amide bonds. The van der Waals surface area contributed by atoms with Gasteiger partial charge in [0.05, 0.1) is 7.11 Å². The number of hydrogen-bond acceptors (Lipinski definition) is 5. The van der Waals surface area contributed by atoms with E-state index in [-0.39, 0.29) is 12.8 Å². The summed E-state index contributed by atoms with van der Waals surface area (Å²) in [5.74, 6) is -1.78. The van der Waals surface area contributed by atoms with Gasteiger partial charge in [0.15, 0.2) is 6.10 Å². The van der Waals surface area contributed by atoms with E-state index in [2.05, 4.69) is 9.47 Å². The predicted octanol–water partition coefficient (Wildman–Crippen LogP) is -1.30. The van der Waals surface area contributed by atoms with Gasteiger partial charge >= 0.3 is 5.97 Å². The topological polar surface area (TPSA) is 75.7 Å². The van der Waals surface area contributed by atoms with Crippen LogP contribution in [0.3, 0.4) is 0 Å². The fourth-order valence-electron chi connectivity index (χ4n) is 0.712. The van der Waals surface area contributed by atoms with Crippen molar-refractivity contribution >= 4 is 11.9 Å². The van der Waals surface area contributed by atoms with Gasteiger partial charge in [-0.1, -0.05) is 0 Å². The number of esters is 1. The fourth-order valence-corrected chi connectivity index (χ4v) is 0.712. The molecular weight excluding hydrogens is 164 g/mol. The quantitative estimate of drug-likeness (QED) is 0.485. The molecule has 0 radical (unpaired) electrons. The van der Waals surface area contributed by atoms with Crippen LogP contribution in [0.2, 0.25) is 0 Å². The average Bonchev–Trinajstić information content (AvgIpc) is 2.04. The van der Waals surface area contributed by atoms with Gasteiger partial charge in [0, 0.05) is 13.1 Å². The molecule has 0 saturated carbocycles. The maximum atomic E-state index is 10.8. The highest BCUT2D eigenvalue weighted by Crippen LogP contribution is 2.02. The molecule has 1 atom stereocenters. The minimum atomic E-state index is -1.21. The van der Waals surface area contributed by atoms with E-state index in [1.165, 1.54) is 14.2 Å². The number of carbonyl (C=O) groups is 2. The van der Waals surface area contributed by atoms with Crippen LogP contribution in [0.4, 0.5) is 0 Å². The van der Waals surface area contributed by atoms with Crippen LogP contribution in [0.15, 0.2) is 0 Å². The number of aliphatic carboxylic acids is 1. The van der Waals surface area contributed by atoms with Gasteiger partial charge in [0.25, 0.3) is 0 Å². The van der Waals surface area contributed by atoms with E-state index < -0.39 is 18.0 Å². The first kappa shape index (κ1) is 10.9. The summed E-state index contributed by atoms with van der Waals surface area (Å²) in [5, 5.41) is 10.0. The van der Waals surface area contributed by atoms with Crippen molar-refractivity contribution in [2.24, 2.45) is 0 Å². The molecule has 0 spiro atoms. The lowest BCUT2D eigenvalue weighted by Crippen LogP contribution is -2.29. The molecule has 0 saturated heterocycles. The maximum absolute atomic E-state index is 10.8. The van der Waals surface area contributed by atoms with E-state index in [9.17, 15) is 14.7 Å². The Morgan fingerprint density at radius 3 is 2.33 bits per heavy atom. The Labute approximate surface area is 70.3 Å². The first-order valence-corrected chi connectivity index (χ1v) is 3.42. The summed E-state index contributed by atoms with van der Waals surface area (Å²) in [6.07, 6.45) is -0.952. The molecule has 0 aromatic heterocycles. The highest BCUT2D eigenvalue weighted by Gasteiger charge is 2.17. The summed E-state index contributed by atoms with van der Waals surface area (Å²) < 4.78 is 9.05. The Bertz CT molecular complexity index is 165. The number of ether oxygens (including phenoxy) is 2. The fraction of sp³-hybridized carbons (Fsp3) is 0.714. The first-order chi connectivity index (χ1) is 5.61. The molecule has 0 fully saturated rings. The van der Waals surface area contributed by atoms with Crippen LogP contribution in [0.1, 0.15) is 12.8 Å². The lowest BCUT2D eigenvalue weighted by atomic mass is 10.2. The summed E-state index contributed by atoms with van der Waals surface area (Å²) in [4.78, 5) is 20.8. The predicted molar refractivity (Wildman–Crippen MR) is 37.1 cm³/mol. The lowest BCUT2D eigenvalue weighted by molar-refractivity contribution is -0.306. The number of carboxylic acid groups (broad SMARTS) is 1. The van der Waals surface area contributed by atoms with Crippen molar-refractivity contribution in [2.45, 2.75) is 18.9 Å². The number of hydrogen-bond donors (Lipinski definition) is 0. The van der Waals surface area contributed by atoms with Gasteiger partial charge in [-0.3, -0.25) is 0 Å². The number of carboxylic acids is 1. The van der Waals surface area contributed by atoms with Crippen LogP contribution in [0.5, 0.6) is 0 Å². The van der Waals surface area contributed by atoms with Crippen LogP contribution >= 0.6 is 0 Å². The van der Waals surface area contributed by atoms with Crippen molar-refractivity contribution in [1.29, 1.82) is 0 Å². The zero-order chi connectivity index (χ0) is 9.56. The van der Waals surface area contributed by atoms with Crippen LogP contribution in [-0.4, -0.2) is 32.3 Å².